The number of para-hydroxylation sites is 1. The minimum atomic E-state index is -3.03. The molecule has 0 atom stereocenters. The molecular weight excluding hydrogens is 653 g/mol. The smallest absolute Gasteiger partial charge is 0.212 e. The van der Waals surface area contributed by atoms with Crippen LogP contribution in [0.2, 0.25) is 0 Å². The van der Waals surface area contributed by atoms with Crippen LogP contribution in [-0.2, 0) is 20.0 Å². The number of rotatable bonds is 8. The van der Waals surface area contributed by atoms with Crippen molar-refractivity contribution in [2.45, 2.75) is 154 Å². The molecule has 0 bridgehead atoms. The lowest BCUT2D eigenvalue weighted by molar-refractivity contribution is -0.716. The topological polar surface area (TPSA) is 82.5 Å². The van der Waals surface area contributed by atoms with Gasteiger partial charge in [0.05, 0.1) is 12.5 Å². The molecular formula is C39H76N4O4S2+2. The lowest BCUT2D eigenvalue weighted by Gasteiger charge is -2.27. The first kappa shape index (κ1) is 53.4. The normalized spacial score (nSPS) is 11.1. The minimum absolute atomic E-state index is 0. The predicted molar refractivity (Wildman–Crippen MR) is 215 cm³/mol. The average molecular weight is 729 g/mol. The molecule has 0 saturated heterocycles. The van der Waals surface area contributed by atoms with Gasteiger partial charge in [0, 0.05) is 53.8 Å². The van der Waals surface area contributed by atoms with Crippen molar-refractivity contribution in [2.24, 2.45) is 0 Å². The van der Waals surface area contributed by atoms with Crippen molar-refractivity contribution in [3.63, 3.8) is 0 Å². The summed E-state index contributed by atoms with van der Waals surface area (Å²) < 4.78 is 52.0. The Labute approximate surface area is 304 Å². The fourth-order valence-corrected chi connectivity index (χ4v) is 8.18. The molecule has 0 aliphatic heterocycles. The van der Waals surface area contributed by atoms with Crippen molar-refractivity contribution < 1.29 is 26.0 Å². The Morgan fingerprint density at radius 2 is 0.837 bits per heavy atom. The zero-order valence-corrected chi connectivity index (χ0v) is 35.3. The fourth-order valence-electron chi connectivity index (χ4n) is 5.11. The van der Waals surface area contributed by atoms with Crippen LogP contribution in [-0.4, -0.2) is 62.1 Å². The molecule has 2 aromatic heterocycles. The SMILES string of the molecule is C.CC.CC.CC(C)N(C(C)C)S(C)(=O)=O.CC(C)N(C(C)C)S(C)(=O)=O.CC(C)[n+]1cccc2ccccc21.CC(C)[n+]1ccccc1. The Balaban J connectivity index is -0.000000266. The van der Waals surface area contributed by atoms with E-state index < -0.39 is 20.0 Å². The van der Waals surface area contributed by atoms with Crippen LogP contribution in [0, 0.1) is 0 Å². The Morgan fingerprint density at radius 1 is 0.490 bits per heavy atom. The number of benzene rings is 1. The summed E-state index contributed by atoms with van der Waals surface area (Å²) in [5.74, 6) is 0. The maximum Gasteiger partial charge on any atom is 0.212 e. The quantitative estimate of drug-likeness (QED) is 0.217. The molecule has 1 aromatic carbocycles. The maximum absolute atomic E-state index is 11.1. The summed E-state index contributed by atoms with van der Waals surface area (Å²) in [6.45, 7) is 31.7. The van der Waals surface area contributed by atoms with Crippen LogP contribution in [0.5, 0.6) is 0 Å². The third-order valence-corrected chi connectivity index (χ3v) is 9.65. The minimum Gasteiger partial charge on any atom is -0.212 e. The summed E-state index contributed by atoms with van der Waals surface area (Å²) >= 11 is 0. The van der Waals surface area contributed by atoms with Crippen molar-refractivity contribution in [1.82, 2.24) is 8.61 Å². The number of sulfonamides is 2. The summed E-state index contributed by atoms with van der Waals surface area (Å²) in [4.78, 5) is 0. The van der Waals surface area contributed by atoms with Crippen molar-refractivity contribution in [3.8, 4) is 0 Å². The molecule has 10 heteroatoms. The molecule has 286 valence electrons. The van der Waals surface area contributed by atoms with E-state index in [4.69, 9.17) is 0 Å². The first-order valence-electron chi connectivity index (χ1n) is 17.4. The van der Waals surface area contributed by atoms with Crippen LogP contribution in [0.4, 0.5) is 0 Å². The van der Waals surface area contributed by atoms with E-state index in [-0.39, 0.29) is 31.6 Å². The van der Waals surface area contributed by atoms with Gasteiger partial charge in [0.2, 0.25) is 25.6 Å². The van der Waals surface area contributed by atoms with Gasteiger partial charge in [-0.15, -0.1) is 0 Å². The summed E-state index contributed by atoms with van der Waals surface area (Å²) in [6, 6.07) is 20.1. The highest BCUT2D eigenvalue weighted by molar-refractivity contribution is 7.88. The molecule has 3 aromatic rings. The second kappa shape index (κ2) is 27.3. The van der Waals surface area contributed by atoms with Gasteiger partial charge in [-0.25, -0.2) is 21.4 Å². The van der Waals surface area contributed by atoms with Gasteiger partial charge in [0.25, 0.3) is 0 Å². The second-order valence-electron chi connectivity index (χ2n) is 12.5. The Kier molecular flexibility index (Phi) is 29.8. The van der Waals surface area contributed by atoms with Gasteiger partial charge in [0.1, 0.15) is 0 Å². The molecule has 0 unspecified atom stereocenters. The highest BCUT2D eigenvalue weighted by Crippen LogP contribution is 2.11. The molecule has 2 heterocycles. The molecule has 0 aliphatic carbocycles. The highest BCUT2D eigenvalue weighted by atomic mass is 32.2. The van der Waals surface area contributed by atoms with Gasteiger partial charge >= 0.3 is 0 Å². The molecule has 0 amide bonds. The van der Waals surface area contributed by atoms with E-state index in [1.165, 1.54) is 32.0 Å². The largest absolute Gasteiger partial charge is 0.212 e. The lowest BCUT2D eigenvalue weighted by atomic mass is 10.2. The average Bonchev–Trinajstić information content (AvgIpc) is 2.98. The zero-order valence-electron chi connectivity index (χ0n) is 33.6. The van der Waals surface area contributed by atoms with Crippen molar-refractivity contribution in [3.05, 3.63) is 73.2 Å². The van der Waals surface area contributed by atoms with Crippen molar-refractivity contribution >= 4 is 30.9 Å². The van der Waals surface area contributed by atoms with Crippen molar-refractivity contribution in [1.29, 1.82) is 0 Å². The molecule has 0 fully saturated rings. The standard InChI is InChI=1S/C12H14N.C8H12N.2C7H17NO2S.2C2H6.CH4/c1-10(2)13-9-5-7-11-6-3-4-8-12(11)13;1-8(2)9-6-4-3-5-7-9;2*1-6(2)8(7(3)4)11(5,9)10;2*1-2;/h3-10H,1-2H3;3-8H,1-2H3;2*6-7H,1-5H3;2*1-2H3;1H4/q2*+1;;;;;. The van der Waals surface area contributed by atoms with E-state index >= 15 is 0 Å². The van der Waals surface area contributed by atoms with Crippen LogP contribution in [0.15, 0.2) is 73.2 Å². The third-order valence-electron chi connectivity index (χ3n) is 6.43. The van der Waals surface area contributed by atoms with Gasteiger partial charge in [-0.05, 0) is 95.2 Å². The fraction of sp³-hybridized carbons (Fsp3) is 0.641. The van der Waals surface area contributed by atoms with E-state index in [0.29, 0.717) is 12.1 Å². The molecule has 0 saturated carbocycles. The molecule has 0 aliphatic rings. The van der Waals surface area contributed by atoms with Gasteiger partial charge in [-0.3, -0.25) is 0 Å². The van der Waals surface area contributed by atoms with Crippen LogP contribution in [0.3, 0.4) is 0 Å². The molecule has 0 radical (unpaired) electrons. The maximum atomic E-state index is 11.1. The number of hydrogen-bond donors (Lipinski definition) is 0. The van der Waals surface area contributed by atoms with Gasteiger partial charge < -0.3 is 0 Å². The van der Waals surface area contributed by atoms with Crippen LogP contribution in [0.1, 0.15) is 130 Å². The third kappa shape index (κ3) is 22.1. The zero-order chi connectivity index (χ0) is 38.4. The molecule has 0 spiro atoms. The van der Waals surface area contributed by atoms with Crippen LogP contribution >= 0.6 is 0 Å². The number of hydrogen-bond acceptors (Lipinski definition) is 4. The van der Waals surface area contributed by atoms with Crippen molar-refractivity contribution in [2.75, 3.05) is 12.5 Å². The van der Waals surface area contributed by atoms with E-state index in [1.807, 2.05) is 101 Å². The number of aromatic nitrogens is 2. The lowest BCUT2D eigenvalue weighted by Crippen LogP contribution is -2.41. The Hall–Kier alpha value is -2.40. The van der Waals surface area contributed by atoms with E-state index in [9.17, 15) is 16.8 Å². The van der Waals surface area contributed by atoms with E-state index in [2.05, 4.69) is 91.8 Å². The number of nitrogens with zero attached hydrogens (tertiary/aromatic N) is 4. The van der Waals surface area contributed by atoms with Gasteiger partial charge in [0.15, 0.2) is 30.7 Å². The predicted octanol–water partition coefficient (Wildman–Crippen LogP) is 9.08. The monoisotopic (exact) mass is 729 g/mol. The molecule has 49 heavy (non-hydrogen) atoms. The molecule has 8 nitrogen and oxygen atoms in total. The number of fused-ring (bicyclic) bond motifs is 1. The Bertz CT molecular complexity index is 1370. The van der Waals surface area contributed by atoms with Gasteiger partial charge in [-0.2, -0.15) is 13.2 Å². The first-order valence-corrected chi connectivity index (χ1v) is 21.1. The molecule has 3 rings (SSSR count). The van der Waals surface area contributed by atoms with Crippen LogP contribution in [0.25, 0.3) is 10.9 Å². The van der Waals surface area contributed by atoms with Gasteiger partial charge in [-0.1, -0.05) is 53.3 Å². The summed E-state index contributed by atoms with van der Waals surface area (Å²) in [5, 5.41) is 1.30. The highest BCUT2D eigenvalue weighted by Gasteiger charge is 2.23. The van der Waals surface area contributed by atoms with Crippen LogP contribution < -0.4 is 9.13 Å². The number of pyridine rings is 2. The second-order valence-corrected chi connectivity index (χ2v) is 16.3. The summed E-state index contributed by atoms with van der Waals surface area (Å²) in [6.07, 6.45) is 8.77. The summed E-state index contributed by atoms with van der Waals surface area (Å²) in [7, 11) is -6.06. The Morgan fingerprint density at radius 3 is 1.10 bits per heavy atom. The van der Waals surface area contributed by atoms with E-state index in [0.717, 1.165) is 0 Å². The first-order chi connectivity index (χ1) is 22.1. The van der Waals surface area contributed by atoms with E-state index in [1.54, 1.807) is 0 Å². The molecule has 0 N–H and O–H groups in total. The summed E-state index contributed by atoms with van der Waals surface area (Å²) in [5.41, 5.74) is 1.31.